The van der Waals surface area contributed by atoms with Crippen LogP contribution in [0.2, 0.25) is 0 Å². The number of benzene rings is 1. The minimum Gasteiger partial charge on any atom is -0.496 e. The fraction of sp³-hybridized carbons (Fsp3) is 0.700. The monoisotopic (exact) mass is 347 g/mol. The molecule has 0 spiro atoms. The molecule has 2 saturated heterocycles. The minimum absolute atomic E-state index is 0.560. The van der Waals surface area contributed by atoms with Gasteiger partial charge < -0.3 is 19.7 Å². The van der Waals surface area contributed by atoms with E-state index in [4.69, 9.17) is 9.47 Å². The molecule has 25 heavy (non-hydrogen) atoms. The molecule has 1 aromatic rings. The predicted octanol–water partition coefficient (Wildman–Crippen LogP) is 2.52. The lowest BCUT2D eigenvalue weighted by molar-refractivity contribution is 0.0322. The zero-order valence-electron chi connectivity index (χ0n) is 16.0. The summed E-state index contributed by atoms with van der Waals surface area (Å²) in [4.78, 5) is 5.13. The maximum Gasteiger partial charge on any atom is 0.124 e. The Hall–Kier alpha value is -1.30. The zero-order chi connectivity index (χ0) is 17.6. The minimum atomic E-state index is 0.560. The number of hydrogen-bond donors (Lipinski definition) is 1. The highest BCUT2D eigenvalue weighted by Gasteiger charge is 2.21. The van der Waals surface area contributed by atoms with E-state index in [1.165, 1.54) is 55.8 Å². The van der Waals surface area contributed by atoms with Crippen LogP contribution in [0.3, 0.4) is 0 Å². The first-order valence-corrected chi connectivity index (χ1v) is 9.60. The van der Waals surface area contributed by atoms with Crippen molar-refractivity contribution in [1.29, 1.82) is 0 Å². The average Bonchev–Trinajstić information content (AvgIpc) is 2.64. The maximum atomic E-state index is 5.50. The fourth-order valence-electron chi connectivity index (χ4n) is 3.82. The topological polar surface area (TPSA) is 37.0 Å². The third-order valence-corrected chi connectivity index (χ3v) is 5.51. The molecule has 0 unspecified atom stereocenters. The van der Waals surface area contributed by atoms with Crippen LogP contribution in [0.1, 0.15) is 24.0 Å². The van der Waals surface area contributed by atoms with Gasteiger partial charge in [0.15, 0.2) is 0 Å². The lowest BCUT2D eigenvalue weighted by atomic mass is 10.0. The summed E-state index contributed by atoms with van der Waals surface area (Å²) in [5.74, 6) is 0.977. The van der Waals surface area contributed by atoms with Gasteiger partial charge in [-0.3, -0.25) is 4.90 Å². The Balaban J connectivity index is 1.45. The van der Waals surface area contributed by atoms with Crippen molar-refractivity contribution < 1.29 is 9.47 Å². The number of nitrogens with zero attached hydrogens (tertiary/aromatic N) is 2. The van der Waals surface area contributed by atoms with Crippen molar-refractivity contribution in [2.45, 2.75) is 32.7 Å². The third-order valence-electron chi connectivity index (χ3n) is 5.51. The number of morpholine rings is 1. The van der Waals surface area contributed by atoms with Crippen molar-refractivity contribution in [3.05, 3.63) is 23.3 Å². The van der Waals surface area contributed by atoms with Crippen LogP contribution in [-0.4, -0.2) is 75.4 Å². The van der Waals surface area contributed by atoms with E-state index in [1.807, 2.05) is 0 Å². The summed E-state index contributed by atoms with van der Waals surface area (Å²) in [5, 5.41) is 3.76. The van der Waals surface area contributed by atoms with Gasteiger partial charge in [0.05, 0.1) is 20.3 Å². The van der Waals surface area contributed by atoms with Crippen molar-refractivity contribution in [2.75, 3.05) is 64.9 Å². The van der Waals surface area contributed by atoms with E-state index in [0.29, 0.717) is 6.04 Å². The third kappa shape index (κ3) is 5.09. The standard InChI is InChI=1S/C20H33N3O2/c1-16-14-19(17(2)20(15-16)24-3)21-18-4-6-22(7-5-18)8-9-23-10-12-25-13-11-23/h14-15,18,21H,4-13H2,1-3H3. The van der Waals surface area contributed by atoms with Crippen molar-refractivity contribution in [3.63, 3.8) is 0 Å². The smallest absolute Gasteiger partial charge is 0.124 e. The number of hydrogen-bond acceptors (Lipinski definition) is 5. The molecule has 0 aliphatic carbocycles. The molecule has 3 rings (SSSR count). The van der Waals surface area contributed by atoms with Gasteiger partial charge in [0.1, 0.15) is 5.75 Å². The quantitative estimate of drug-likeness (QED) is 0.856. The molecule has 2 aliphatic rings. The van der Waals surface area contributed by atoms with Gasteiger partial charge in [-0.15, -0.1) is 0 Å². The van der Waals surface area contributed by atoms with Gasteiger partial charge in [0.2, 0.25) is 0 Å². The van der Waals surface area contributed by atoms with Gasteiger partial charge >= 0.3 is 0 Å². The van der Waals surface area contributed by atoms with Crippen molar-refractivity contribution >= 4 is 5.69 Å². The highest BCUT2D eigenvalue weighted by Crippen LogP contribution is 2.29. The first kappa shape index (κ1) is 18.5. The molecule has 0 bridgehead atoms. The van der Waals surface area contributed by atoms with Gasteiger partial charge in [-0.25, -0.2) is 0 Å². The van der Waals surface area contributed by atoms with Crippen molar-refractivity contribution in [3.8, 4) is 5.75 Å². The lowest BCUT2D eigenvalue weighted by Crippen LogP contribution is -2.45. The Morgan fingerprint density at radius 2 is 1.68 bits per heavy atom. The lowest BCUT2D eigenvalue weighted by Gasteiger charge is -2.35. The Morgan fingerprint density at radius 3 is 2.32 bits per heavy atom. The van der Waals surface area contributed by atoms with Crippen LogP contribution in [-0.2, 0) is 4.74 Å². The van der Waals surface area contributed by atoms with Crippen LogP contribution in [0.5, 0.6) is 5.75 Å². The molecule has 0 saturated carbocycles. The van der Waals surface area contributed by atoms with E-state index < -0.39 is 0 Å². The molecule has 0 atom stereocenters. The largest absolute Gasteiger partial charge is 0.496 e. The number of ether oxygens (including phenoxy) is 2. The van der Waals surface area contributed by atoms with Gasteiger partial charge in [-0.2, -0.15) is 0 Å². The van der Waals surface area contributed by atoms with Gasteiger partial charge in [0.25, 0.3) is 0 Å². The molecule has 5 nitrogen and oxygen atoms in total. The van der Waals surface area contributed by atoms with E-state index in [-0.39, 0.29) is 0 Å². The zero-order valence-corrected chi connectivity index (χ0v) is 16.0. The summed E-state index contributed by atoms with van der Waals surface area (Å²) in [6, 6.07) is 4.90. The number of rotatable bonds is 6. The molecular weight excluding hydrogens is 314 g/mol. The molecular formula is C20H33N3O2. The number of piperidine rings is 1. The van der Waals surface area contributed by atoms with Crippen LogP contribution in [0.15, 0.2) is 12.1 Å². The molecule has 0 amide bonds. The summed E-state index contributed by atoms with van der Waals surface area (Å²) in [6.45, 7) is 13.0. The van der Waals surface area contributed by atoms with E-state index >= 15 is 0 Å². The summed E-state index contributed by atoms with van der Waals surface area (Å²) in [5.41, 5.74) is 3.68. The second-order valence-corrected chi connectivity index (χ2v) is 7.35. The summed E-state index contributed by atoms with van der Waals surface area (Å²) >= 11 is 0. The molecule has 0 aromatic heterocycles. The Morgan fingerprint density at radius 1 is 1.04 bits per heavy atom. The van der Waals surface area contributed by atoms with Gasteiger partial charge in [-0.05, 0) is 44.4 Å². The van der Waals surface area contributed by atoms with Crippen molar-refractivity contribution in [2.24, 2.45) is 0 Å². The molecule has 140 valence electrons. The molecule has 1 aromatic carbocycles. The Labute approximate surface area is 152 Å². The fourth-order valence-corrected chi connectivity index (χ4v) is 3.82. The Bertz CT molecular complexity index is 550. The van der Waals surface area contributed by atoms with E-state index in [0.717, 1.165) is 32.1 Å². The van der Waals surface area contributed by atoms with E-state index in [2.05, 4.69) is 41.1 Å². The normalized spacial score (nSPS) is 20.6. The first-order valence-electron chi connectivity index (χ1n) is 9.60. The highest BCUT2D eigenvalue weighted by molar-refractivity contribution is 5.59. The molecule has 2 heterocycles. The summed E-state index contributed by atoms with van der Waals surface area (Å²) in [7, 11) is 1.75. The molecule has 1 N–H and O–H groups in total. The Kier molecular flexibility index (Phi) is 6.57. The number of aryl methyl sites for hydroxylation is 1. The maximum absolute atomic E-state index is 5.50. The van der Waals surface area contributed by atoms with E-state index in [1.54, 1.807) is 7.11 Å². The SMILES string of the molecule is COc1cc(C)cc(NC2CCN(CCN3CCOCC3)CC2)c1C. The van der Waals surface area contributed by atoms with Crippen LogP contribution in [0.25, 0.3) is 0 Å². The summed E-state index contributed by atoms with van der Waals surface area (Å²) < 4.78 is 10.9. The van der Waals surface area contributed by atoms with Crippen LogP contribution in [0, 0.1) is 13.8 Å². The van der Waals surface area contributed by atoms with E-state index in [9.17, 15) is 0 Å². The number of anilines is 1. The number of likely N-dealkylation sites (tertiary alicyclic amines) is 1. The van der Waals surface area contributed by atoms with Gasteiger partial charge in [0, 0.05) is 56.6 Å². The number of methoxy groups -OCH3 is 1. The molecule has 5 heteroatoms. The molecule has 2 aliphatic heterocycles. The van der Waals surface area contributed by atoms with Crippen molar-refractivity contribution in [1.82, 2.24) is 9.80 Å². The van der Waals surface area contributed by atoms with Gasteiger partial charge in [-0.1, -0.05) is 0 Å². The predicted molar refractivity (Wildman–Crippen MR) is 103 cm³/mol. The highest BCUT2D eigenvalue weighted by atomic mass is 16.5. The first-order chi connectivity index (χ1) is 12.2. The van der Waals surface area contributed by atoms with Crippen LogP contribution in [0.4, 0.5) is 5.69 Å². The second kappa shape index (κ2) is 8.88. The summed E-state index contributed by atoms with van der Waals surface area (Å²) in [6.07, 6.45) is 2.41. The van der Waals surface area contributed by atoms with Crippen LogP contribution >= 0.6 is 0 Å². The van der Waals surface area contributed by atoms with Crippen LogP contribution < -0.4 is 10.1 Å². The molecule has 2 fully saturated rings. The molecule has 0 radical (unpaired) electrons. The number of nitrogens with one attached hydrogen (secondary N) is 1. The second-order valence-electron chi connectivity index (χ2n) is 7.35. The average molecular weight is 348 g/mol.